The average Bonchev–Trinajstić information content (AvgIpc) is 2.16. The molecule has 1 amide bonds. The van der Waals surface area contributed by atoms with Gasteiger partial charge in [0.1, 0.15) is 5.82 Å². The molecule has 2 nitrogen and oxygen atoms in total. The van der Waals surface area contributed by atoms with E-state index >= 15 is 0 Å². The Hall–Kier alpha value is -1.82. The fourth-order valence-electron chi connectivity index (χ4n) is 0.868. The van der Waals surface area contributed by atoms with Crippen molar-refractivity contribution in [3.05, 3.63) is 35.6 Å². The molecule has 0 aliphatic carbocycles. The van der Waals surface area contributed by atoms with E-state index < -0.39 is 5.91 Å². The second kappa shape index (κ2) is 4.27. The number of terminal acetylenes is 1. The Kier molecular flexibility index (Phi) is 3.04. The number of benzene rings is 1. The maximum Gasteiger partial charge on any atom is 0.295 e. The van der Waals surface area contributed by atoms with Crippen LogP contribution in [-0.4, -0.2) is 5.91 Å². The normalized spacial score (nSPS) is 8.92. The summed E-state index contributed by atoms with van der Waals surface area (Å²) >= 11 is 0. The second-order valence-electron chi connectivity index (χ2n) is 2.42. The molecule has 0 fully saturated rings. The van der Waals surface area contributed by atoms with Gasteiger partial charge in [-0.05, 0) is 12.0 Å². The van der Waals surface area contributed by atoms with E-state index in [2.05, 4.69) is 5.32 Å². The Morgan fingerprint density at radius 1 is 1.54 bits per heavy atom. The summed E-state index contributed by atoms with van der Waals surface area (Å²) in [5, 5.41) is 2.37. The molecule has 1 rings (SSSR count). The summed E-state index contributed by atoms with van der Waals surface area (Å²) in [5.74, 6) is 0.996. The molecule has 0 atom stereocenters. The number of amides is 1. The lowest BCUT2D eigenvalue weighted by atomic mass is 10.2. The van der Waals surface area contributed by atoms with E-state index in [1.165, 1.54) is 6.07 Å². The van der Waals surface area contributed by atoms with Gasteiger partial charge in [0.05, 0.1) is 0 Å². The standard InChI is InChI=1S/C10H8FNO/c1-2-10(13)12-7-8-5-3-4-6-9(8)11/h1,3-6H,7H2,(H,12,13). The first kappa shape index (κ1) is 9.27. The molecule has 0 radical (unpaired) electrons. The number of hydrogen-bond acceptors (Lipinski definition) is 1. The zero-order valence-electron chi connectivity index (χ0n) is 6.88. The molecule has 3 heteroatoms. The number of nitrogens with one attached hydrogen (secondary N) is 1. The molecule has 0 aliphatic heterocycles. The van der Waals surface area contributed by atoms with Crippen LogP contribution < -0.4 is 5.32 Å². The summed E-state index contributed by atoms with van der Waals surface area (Å²) < 4.78 is 12.9. The van der Waals surface area contributed by atoms with E-state index in [1.807, 2.05) is 5.92 Å². The molecule has 0 saturated heterocycles. The van der Waals surface area contributed by atoms with Crippen molar-refractivity contribution in [3.63, 3.8) is 0 Å². The number of carbonyl (C=O) groups is 1. The van der Waals surface area contributed by atoms with Crippen LogP contribution in [0.5, 0.6) is 0 Å². The van der Waals surface area contributed by atoms with Gasteiger partial charge in [0, 0.05) is 12.1 Å². The van der Waals surface area contributed by atoms with Gasteiger partial charge in [0.2, 0.25) is 0 Å². The summed E-state index contributed by atoms with van der Waals surface area (Å²) in [6.07, 6.45) is 4.82. The Morgan fingerprint density at radius 3 is 2.85 bits per heavy atom. The molecule has 66 valence electrons. The Bertz CT molecular complexity index is 354. The Morgan fingerprint density at radius 2 is 2.23 bits per heavy atom. The first-order valence-electron chi connectivity index (χ1n) is 3.72. The SMILES string of the molecule is C#CC(=O)NCc1ccccc1F. The van der Waals surface area contributed by atoms with Crippen LogP contribution in [0, 0.1) is 18.2 Å². The topological polar surface area (TPSA) is 29.1 Å². The van der Waals surface area contributed by atoms with Gasteiger partial charge in [0.25, 0.3) is 5.91 Å². The molecule has 0 spiro atoms. The predicted octanol–water partition coefficient (Wildman–Crippen LogP) is 1.08. The van der Waals surface area contributed by atoms with Crippen LogP contribution >= 0.6 is 0 Å². The van der Waals surface area contributed by atoms with Crippen molar-refractivity contribution in [2.24, 2.45) is 0 Å². The zero-order valence-corrected chi connectivity index (χ0v) is 6.88. The Labute approximate surface area is 75.8 Å². The van der Waals surface area contributed by atoms with Gasteiger partial charge in [-0.2, -0.15) is 0 Å². The summed E-state index contributed by atoms with van der Waals surface area (Å²) in [6.45, 7) is 0.121. The monoisotopic (exact) mass is 177 g/mol. The van der Waals surface area contributed by atoms with E-state index in [-0.39, 0.29) is 12.4 Å². The molecule has 1 aromatic rings. The van der Waals surface area contributed by atoms with Crippen molar-refractivity contribution in [3.8, 4) is 12.3 Å². The molecule has 0 unspecified atom stereocenters. The molecule has 0 bridgehead atoms. The van der Waals surface area contributed by atoms with E-state index in [0.29, 0.717) is 5.56 Å². The zero-order chi connectivity index (χ0) is 9.68. The van der Waals surface area contributed by atoms with Crippen molar-refractivity contribution in [2.75, 3.05) is 0 Å². The van der Waals surface area contributed by atoms with Crippen LogP contribution in [-0.2, 0) is 11.3 Å². The number of halogens is 1. The molecule has 0 saturated carbocycles. The number of rotatable bonds is 2. The highest BCUT2D eigenvalue weighted by atomic mass is 19.1. The summed E-state index contributed by atoms with van der Waals surface area (Å²) in [7, 11) is 0. The van der Waals surface area contributed by atoms with Gasteiger partial charge >= 0.3 is 0 Å². The number of hydrogen-bond donors (Lipinski definition) is 1. The lowest BCUT2D eigenvalue weighted by molar-refractivity contribution is -0.115. The van der Waals surface area contributed by atoms with Crippen LogP contribution in [0.1, 0.15) is 5.56 Å². The second-order valence-corrected chi connectivity index (χ2v) is 2.42. The third-order valence-corrected chi connectivity index (χ3v) is 1.53. The quantitative estimate of drug-likeness (QED) is 0.673. The van der Waals surface area contributed by atoms with Crippen LogP contribution in [0.3, 0.4) is 0 Å². The molecular weight excluding hydrogens is 169 g/mol. The first-order chi connectivity index (χ1) is 6.24. The van der Waals surface area contributed by atoms with E-state index in [4.69, 9.17) is 6.42 Å². The van der Waals surface area contributed by atoms with Gasteiger partial charge in [-0.3, -0.25) is 4.79 Å². The van der Waals surface area contributed by atoms with E-state index in [0.717, 1.165) is 0 Å². The highest BCUT2D eigenvalue weighted by molar-refractivity contribution is 5.92. The van der Waals surface area contributed by atoms with Crippen molar-refractivity contribution in [1.29, 1.82) is 0 Å². The molecule has 0 aromatic heterocycles. The van der Waals surface area contributed by atoms with Crippen molar-refractivity contribution >= 4 is 5.91 Å². The lowest BCUT2D eigenvalue weighted by Gasteiger charge is -2.01. The summed E-state index contributed by atoms with van der Waals surface area (Å²) in [4.78, 5) is 10.6. The maximum atomic E-state index is 12.9. The fourth-order valence-corrected chi connectivity index (χ4v) is 0.868. The minimum absolute atomic E-state index is 0.121. The van der Waals surface area contributed by atoms with E-state index in [9.17, 15) is 9.18 Å². The van der Waals surface area contributed by atoms with Crippen LogP contribution in [0.15, 0.2) is 24.3 Å². The van der Waals surface area contributed by atoms with Crippen molar-refractivity contribution in [2.45, 2.75) is 6.54 Å². The third kappa shape index (κ3) is 2.60. The van der Waals surface area contributed by atoms with Gasteiger partial charge in [-0.25, -0.2) is 4.39 Å². The number of carbonyl (C=O) groups excluding carboxylic acids is 1. The minimum Gasteiger partial charge on any atom is -0.341 e. The molecule has 13 heavy (non-hydrogen) atoms. The molecule has 0 heterocycles. The average molecular weight is 177 g/mol. The largest absolute Gasteiger partial charge is 0.341 e. The minimum atomic E-state index is -0.539. The van der Waals surface area contributed by atoms with Crippen LogP contribution in [0.4, 0.5) is 4.39 Å². The third-order valence-electron chi connectivity index (χ3n) is 1.53. The molecular formula is C10H8FNO. The molecule has 0 aliphatic rings. The summed E-state index contributed by atoms with van der Waals surface area (Å²) in [6, 6.07) is 6.20. The predicted molar refractivity (Wildman–Crippen MR) is 47.1 cm³/mol. The van der Waals surface area contributed by atoms with Crippen LogP contribution in [0.25, 0.3) is 0 Å². The van der Waals surface area contributed by atoms with Gasteiger partial charge in [-0.1, -0.05) is 18.2 Å². The highest BCUT2D eigenvalue weighted by Gasteiger charge is 2.00. The van der Waals surface area contributed by atoms with Gasteiger partial charge in [-0.15, -0.1) is 6.42 Å². The maximum absolute atomic E-state index is 12.9. The summed E-state index contributed by atoms with van der Waals surface area (Å²) in [5.41, 5.74) is 0.422. The highest BCUT2D eigenvalue weighted by Crippen LogP contribution is 2.04. The lowest BCUT2D eigenvalue weighted by Crippen LogP contribution is -2.21. The Balaban J connectivity index is 2.61. The van der Waals surface area contributed by atoms with Crippen molar-refractivity contribution in [1.82, 2.24) is 5.32 Å². The fraction of sp³-hybridized carbons (Fsp3) is 0.100. The van der Waals surface area contributed by atoms with Gasteiger partial charge in [0.15, 0.2) is 0 Å². The smallest absolute Gasteiger partial charge is 0.295 e. The molecule has 1 N–H and O–H groups in total. The molecule has 1 aromatic carbocycles. The van der Waals surface area contributed by atoms with Crippen molar-refractivity contribution < 1.29 is 9.18 Å². The first-order valence-corrected chi connectivity index (χ1v) is 3.72. The van der Waals surface area contributed by atoms with Crippen LogP contribution in [0.2, 0.25) is 0 Å². The van der Waals surface area contributed by atoms with E-state index in [1.54, 1.807) is 18.2 Å². The van der Waals surface area contributed by atoms with Gasteiger partial charge < -0.3 is 5.32 Å².